The monoisotopic (exact) mass is 228 g/mol. The van der Waals surface area contributed by atoms with Crippen LogP contribution in [0.1, 0.15) is 19.5 Å². The Kier molecular flexibility index (Phi) is 3.54. The molecule has 86 valence electrons. The summed E-state index contributed by atoms with van der Waals surface area (Å²) >= 11 is 1.83. The molecule has 0 aliphatic carbocycles. The van der Waals surface area contributed by atoms with Crippen LogP contribution in [0.25, 0.3) is 0 Å². The summed E-state index contributed by atoms with van der Waals surface area (Å²) < 4.78 is 1.99. The SMILES string of the molecule is CSC(C)(C)CNc1c(N)c(C)nn1C. The average Bonchev–Trinajstić information content (AvgIpc) is 2.39. The fraction of sp³-hybridized carbons (Fsp3) is 0.700. The highest BCUT2D eigenvalue weighted by molar-refractivity contribution is 7.99. The molecule has 0 saturated heterocycles. The van der Waals surface area contributed by atoms with Crippen molar-refractivity contribution >= 4 is 23.3 Å². The zero-order chi connectivity index (χ0) is 11.6. The highest BCUT2D eigenvalue weighted by Crippen LogP contribution is 2.25. The summed E-state index contributed by atoms with van der Waals surface area (Å²) in [5.74, 6) is 0.912. The molecule has 3 N–H and O–H groups in total. The van der Waals surface area contributed by atoms with Gasteiger partial charge in [-0.25, -0.2) is 0 Å². The number of hydrogen-bond donors (Lipinski definition) is 2. The van der Waals surface area contributed by atoms with Gasteiger partial charge in [0.25, 0.3) is 0 Å². The molecule has 0 spiro atoms. The van der Waals surface area contributed by atoms with Crippen LogP contribution in [0.3, 0.4) is 0 Å². The second kappa shape index (κ2) is 4.35. The summed E-state index contributed by atoms with van der Waals surface area (Å²) in [5, 5.41) is 7.61. The zero-order valence-corrected chi connectivity index (χ0v) is 10.9. The van der Waals surface area contributed by atoms with Crippen LogP contribution in [0.5, 0.6) is 0 Å². The summed E-state index contributed by atoms with van der Waals surface area (Å²) in [5.41, 5.74) is 7.54. The summed E-state index contributed by atoms with van der Waals surface area (Å²) in [6.45, 7) is 7.19. The number of aromatic nitrogens is 2. The van der Waals surface area contributed by atoms with Gasteiger partial charge in [-0.3, -0.25) is 4.68 Å². The Bertz CT molecular complexity index is 343. The molecule has 0 fully saturated rings. The van der Waals surface area contributed by atoms with E-state index in [2.05, 4.69) is 30.5 Å². The van der Waals surface area contributed by atoms with Gasteiger partial charge in [0, 0.05) is 18.3 Å². The van der Waals surface area contributed by atoms with Crippen molar-refractivity contribution in [3.8, 4) is 0 Å². The number of anilines is 2. The smallest absolute Gasteiger partial charge is 0.147 e. The fourth-order valence-electron chi connectivity index (χ4n) is 1.25. The van der Waals surface area contributed by atoms with Gasteiger partial charge in [-0.1, -0.05) is 0 Å². The minimum absolute atomic E-state index is 0.199. The third-order valence-electron chi connectivity index (χ3n) is 2.50. The molecule has 0 atom stereocenters. The molecule has 1 heterocycles. The van der Waals surface area contributed by atoms with E-state index in [4.69, 9.17) is 5.73 Å². The summed E-state index contributed by atoms with van der Waals surface area (Å²) in [7, 11) is 1.90. The Balaban J connectivity index is 2.73. The van der Waals surface area contributed by atoms with Gasteiger partial charge in [0.2, 0.25) is 0 Å². The highest BCUT2D eigenvalue weighted by Gasteiger charge is 2.17. The number of hydrogen-bond acceptors (Lipinski definition) is 4. The number of thioether (sulfide) groups is 1. The van der Waals surface area contributed by atoms with E-state index >= 15 is 0 Å². The molecule has 4 nitrogen and oxygen atoms in total. The fourth-order valence-corrected chi connectivity index (χ4v) is 1.47. The van der Waals surface area contributed by atoms with Crippen molar-refractivity contribution in [1.82, 2.24) is 9.78 Å². The van der Waals surface area contributed by atoms with Crippen molar-refractivity contribution < 1.29 is 0 Å². The number of rotatable bonds is 4. The molecule has 0 saturated carbocycles. The van der Waals surface area contributed by atoms with E-state index < -0.39 is 0 Å². The Hall–Kier alpha value is -0.840. The first kappa shape index (κ1) is 12.2. The van der Waals surface area contributed by atoms with Gasteiger partial charge < -0.3 is 11.1 Å². The van der Waals surface area contributed by atoms with Crippen molar-refractivity contribution in [2.24, 2.45) is 7.05 Å². The van der Waals surface area contributed by atoms with Crippen LogP contribution >= 0.6 is 11.8 Å². The van der Waals surface area contributed by atoms with Crippen LogP contribution < -0.4 is 11.1 Å². The van der Waals surface area contributed by atoms with Crippen LogP contribution in [0, 0.1) is 6.92 Å². The van der Waals surface area contributed by atoms with E-state index in [1.807, 2.05) is 25.7 Å². The van der Waals surface area contributed by atoms with E-state index in [0.717, 1.165) is 23.7 Å². The van der Waals surface area contributed by atoms with Gasteiger partial charge in [0.1, 0.15) is 5.82 Å². The molecule has 0 aromatic carbocycles. The van der Waals surface area contributed by atoms with Crippen LogP contribution in [-0.4, -0.2) is 27.3 Å². The van der Waals surface area contributed by atoms with E-state index in [1.54, 1.807) is 4.68 Å². The molecule has 1 aromatic heterocycles. The first-order valence-electron chi connectivity index (χ1n) is 4.95. The van der Waals surface area contributed by atoms with Crippen molar-refractivity contribution in [3.05, 3.63) is 5.69 Å². The molecule has 0 aliphatic heterocycles. The lowest BCUT2D eigenvalue weighted by atomic mass is 10.2. The van der Waals surface area contributed by atoms with Crippen LogP contribution in [0.4, 0.5) is 11.5 Å². The minimum atomic E-state index is 0.199. The highest BCUT2D eigenvalue weighted by atomic mass is 32.2. The Labute approximate surface area is 95.6 Å². The maximum Gasteiger partial charge on any atom is 0.147 e. The van der Waals surface area contributed by atoms with Crippen LogP contribution in [0.15, 0.2) is 0 Å². The molecule has 0 bridgehead atoms. The lowest BCUT2D eigenvalue weighted by molar-refractivity contribution is 0.721. The second-order valence-electron chi connectivity index (χ2n) is 4.29. The molecule has 5 heteroatoms. The van der Waals surface area contributed by atoms with Crippen molar-refractivity contribution in [2.75, 3.05) is 23.9 Å². The Morgan fingerprint density at radius 2 is 2.13 bits per heavy atom. The van der Waals surface area contributed by atoms with Crippen molar-refractivity contribution in [1.29, 1.82) is 0 Å². The molecule has 0 aliphatic rings. The standard InChI is InChI=1S/C10H20N4S/c1-7-8(11)9(14(4)13-7)12-6-10(2,3)15-5/h12H,6,11H2,1-5H3. The van der Waals surface area contributed by atoms with Gasteiger partial charge in [0.05, 0.1) is 11.4 Å². The average molecular weight is 228 g/mol. The first-order valence-corrected chi connectivity index (χ1v) is 6.18. The number of nitrogens with two attached hydrogens (primary N) is 1. The molecular weight excluding hydrogens is 208 g/mol. The van der Waals surface area contributed by atoms with Gasteiger partial charge in [-0.2, -0.15) is 16.9 Å². The van der Waals surface area contributed by atoms with Gasteiger partial charge in [0.15, 0.2) is 0 Å². The van der Waals surface area contributed by atoms with Crippen LogP contribution in [-0.2, 0) is 7.05 Å². The lowest BCUT2D eigenvalue weighted by Crippen LogP contribution is -2.27. The van der Waals surface area contributed by atoms with Gasteiger partial charge in [-0.15, -0.1) is 0 Å². The third-order valence-corrected chi connectivity index (χ3v) is 3.75. The summed E-state index contributed by atoms with van der Waals surface area (Å²) in [6.07, 6.45) is 2.11. The normalized spacial score (nSPS) is 11.8. The zero-order valence-electron chi connectivity index (χ0n) is 10.1. The van der Waals surface area contributed by atoms with Crippen molar-refractivity contribution in [2.45, 2.75) is 25.5 Å². The minimum Gasteiger partial charge on any atom is -0.394 e. The predicted molar refractivity (Wildman–Crippen MR) is 68.4 cm³/mol. The van der Waals surface area contributed by atoms with Gasteiger partial charge in [-0.05, 0) is 27.0 Å². The largest absolute Gasteiger partial charge is 0.394 e. The van der Waals surface area contributed by atoms with Crippen LogP contribution in [0.2, 0.25) is 0 Å². The molecule has 1 rings (SSSR count). The summed E-state index contributed by atoms with van der Waals surface area (Å²) in [6, 6.07) is 0. The van der Waals surface area contributed by atoms with Gasteiger partial charge >= 0.3 is 0 Å². The second-order valence-corrected chi connectivity index (χ2v) is 5.80. The Morgan fingerprint density at radius 3 is 2.53 bits per heavy atom. The Morgan fingerprint density at radius 1 is 1.53 bits per heavy atom. The van der Waals surface area contributed by atoms with E-state index in [1.165, 1.54) is 0 Å². The number of aryl methyl sites for hydroxylation is 2. The quantitative estimate of drug-likeness (QED) is 0.826. The van der Waals surface area contributed by atoms with E-state index in [-0.39, 0.29) is 4.75 Å². The molecule has 1 aromatic rings. The predicted octanol–water partition coefficient (Wildman–Crippen LogP) is 1.86. The maximum atomic E-state index is 5.92. The van der Waals surface area contributed by atoms with E-state index in [0.29, 0.717) is 0 Å². The summed E-state index contributed by atoms with van der Waals surface area (Å²) in [4.78, 5) is 0. The number of nitrogens with zero attached hydrogens (tertiary/aromatic N) is 2. The molecular formula is C10H20N4S. The molecule has 0 unspecified atom stereocenters. The van der Waals surface area contributed by atoms with Crippen molar-refractivity contribution in [3.63, 3.8) is 0 Å². The third kappa shape index (κ3) is 2.81. The first-order chi connectivity index (χ1) is 6.87. The molecule has 0 radical (unpaired) electrons. The maximum absolute atomic E-state index is 5.92. The van der Waals surface area contributed by atoms with E-state index in [9.17, 15) is 0 Å². The molecule has 15 heavy (non-hydrogen) atoms. The molecule has 0 amide bonds. The number of nitrogens with one attached hydrogen (secondary N) is 1. The number of nitrogen functional groups attached to an aromatic ring is 1. The lowest BCUT2D eigenvalue weighted by Gasteiger charge is -2.23. The topological polar surface area (TPSA) is 55.9 Å².